The van der Waals surface area contributed by atoms with Crippen LogP contribution >= 0.6 is 0 Å². The number of aromatic nitrogens is 2. The van der Waals surface area contributed by atoms with Gasteiger partial charge in [0.2, 0.25) is 0 Å². The minimum atomic E-state index is 0.00125. The predicted molar refractivity (Wildman–Crippen MR) is 75.1 cm³/mol. The van der Waals surface area contributed by atoms with E-state index >= 15 is 0 Å². The fraction of sp³-hybridized carbons (Fsp3) is 0.643. The Bertz CT molecular complexity index is 435. The largest absolute Gasteiger partial charge is 0.372 e. The van der Waals surface area contributed by atoms with Crippen LogP contribution in [-0.2, 0) is 0 Å². The fourth-order valence-corrected chi connectivity index (χ4v) is 2.53. The van der Waals surface area contributed by atoms with Crippen LogP contribution in [-0.4, -0.2) is 40.9 Å². The summed E-state index contributed by atoms with van der Waals surface area (Å²) in [4.78, 5) is 22.7. The Morgan fingerprint density at radius 1 is 1.42 bits per heavy atom. The Morgan fingerprint density at radius 2 is 2.26 bits per heavy atom. The summed E-state index contributed by atoms with van der Waals surface area (Å²) in [6.07, 6.45) is 7.78. The van der Waals surface area contributed by atoms with Crippen LogP contribution < -0.4 is 5.32 Å². The minimum Gasteiger partial charge on any atom is -0.372 e. The maximum absolute atomic E-state index is 12.4. The summed E-state index contributed by atoms with van der Waals surface area (Å²) in [6, 6.07) is 0. The summed E-state index contributed by atoms with van der Waals surface area (Å²) < 4.78 is 0. The second-order valence-electron chi connectivity index (χ2n) is 5.04. The number of hydrogen-bond donors (Lipinski definition) is 1. The molecular formula is C14H22N4O. The molecule has 0 bridgehead atoms. The third kappa shape index (κ3) is 3.43. The highest BCUT2D eigenvalue weighted by molar-refractivity contribution is 5.92. The molecule has 1 aromatic heterocycles. The zero-order valence-electron chi connectivity index (χ0n) is 11.7. The van der Waals surface area contributed by atoms with Gasteiger partial charge in [0.05, 0.1) is 12.4 Å². The molecule has 1 N–H and O–H groups in total. The smallest absolute Gasteiger partial charge is 0.274 e. The van der Waals surface area contributed by atoms with Crippen LogP contribution in [0.2, 0.25) is 0 Å². The van der Waals surface area contributed by atoms with E-state index in [1.807, 2.05) is 4.90 Å². The Morgan fingerprint density at radius 3 is 3.00 bits per heavy atom. The highest BCUT2D eigenvalue weighted by Gasteiger charge is 2.21. The molecule has 0 aromatic carbocycles. The van der Waals surface area contributed by atoms with E-state index in [4.69, 9.17) is 0 Å². The molecule has 5 nitrogen and oxygen atoms in total. The Balaban J connectivity index is 2.06. The number of rotatable bonds is 3. The van der Waals surface area contributed by atoms with Gasteiger partial charge >= 0.3 is 0 Å². The normalized spacial score (nSPS) is 19.9. The third-order valence-corrected chi connectivity index (χ3v) is 3.82. The van der Waals surface area contributed by atoms with Gasteiger partial charge in [-0.1, -0.05) is 13.3 Å². The number of nitrogens with zero attached hydrogens (tertiary/aromatic N) is 3. The van der Waals surface area contributed by atoms with E-state index in [1.165, 1.54) is 12.8 Å². The minimum absolute atomic E-state index is 0.00125. The Kier molecular flexibility index (Phi) is 4.71. The first-order valence-electron chi connectivity index (χ1n) is 7.03. The van der Waals surface area contributed by atoms with Gasteiger partial charge in [-0.25, -0.2) is 4.98 Å². The van der Waals surface area contributed by atoms with Gasteiger partial charge in [-0.05, 0) is 25.2 Å². The van der Waals surface area contributed by atoms with Gasteiger partial charge in [0.15, 0.2) is 0 Å². The molecule has 0 spiro atoms. The highest BCUT2D eigenvalue weighted by atomic mass is 16.2. The summed E-state index contributed by atoms with van der Waals surface area (Å²) >= 11 is 0. The quantitative estimate of drug-likeness (QED) is 0.907. The van der Waals surface area contributed by atoms with Crippen molar-refractivity contribution in [2.45, 2.75) is 32.6 Å². The zero-order valence-corrected chi connectivity index (χ0v) is 11.7. The molecule has 0 aliphatic carbocycles. The Labute approximate surface area is 114 Å². The molecule has 1 aliphatic rings. The van der Waals surface area contributed by atoms with Crippen molar-refractivity contribution in [3.05, 3.63) is 18.1 Å². The average Bonchev–Trinajstić information content (AvgIpc) is 2.72. The maximum Gasteiger partial charge on any atom is 0.274 e. The van der Waals surface area contributed by atoms with Crippen molar-refractivity contribution in [1.29, 1.82) is 0 Å². The van der Waals surface area contributed by atoms with E-state index in [1.54, 1.807) is 19.4 Å². The molecule has 1 aromatic rings. The summed E-state index contributed by atoms with van der Waals surface area (Å²) in [7, 11) is 1.77. The lowest BCUT2D eigenvalue weighted by molar-refractivity contribution is 0.0753. The van der Waals surface area contributed by atoms with Gasteiger partial charge in [0, 0.05) is 20.1 Å². The molecule has 2 rings (SSSR count). The second kappa shape index (κ2) is 6.50. The van der Waals surface area contributed by atoms with Crippen molar-refractivity contribution in [2.75, 3.05) is 25.5 Å². The second-order valence-corrected chi connectivity index (χ2v) is 5.04. The van der Waals surface area contributed by atoms with E-state index in [9.17, 15) is 4.79 Å². The van der Waals surface area contributed by atoms with Crippen molar-refractivity contribution in [2.24, 2.45) is 5.92 Å². The van der Waals surface area contributed by atoms with Gasteiger partial charge in [-0.3, -0.25) is 9.78 Å². The van der Waals surface area contributed by atoms with Crippen molar-refractivity contribution < 1.29 is 4.79 Å². The van der Waals surface area contributed by atoms with Gasteiger partial charge in [-0.15, -0.1) is 0 Å². The molecule has 5 heteroatoms. The molecule has 19 heavy (non-hydrogen) atoms. The SMILES string of the molecule is CCC1CCCN(C(=O)c2cncc(NC)n2)CC1. The summed E-state index contributed by atoms with van der Waals surface area (Å²) in [6.45, 7) is 3.90. The van der Waals surface area contributed by atoms with Crippen LogP contribution in [0.15, 0.2) is 12.4 Å². The average molecular weight is 262 g/mol. The highest BCUT2D eigenvalue weighted by Crippen LogP contribution is 2.21. The lowest BCUT2D eigenvalue weighted by atomic mass is 9.98. The zero-order chi connectivity index (χ0) is 13.7. The topological polar surface area (TPSA) is 58.1 Å². The van der Waals surface area contributed by atoms with Crippen molar-refractivity contribution in [3.63, 3.8) is 0 Å². The van der Waals surface area contributed by atoms with Crippen molar-refractivity contribution in [3.8, 4) is 0 Å². The Hall–Kier alpha value is -1.65. The van der Waals surface area contributed by atoms with E-state index in [-0.39, 0.29) is 5.91 Å². The molecule has 1 aliphatic heterocycles. The van der Waals surface area contributed by atoms with E-state index in [0.717, 1.165) is 31.8 Å². The number of carbonyl (C=O) groups excluding carboxylic acids is 1. The molecule has 0 radical (unpaired) electrons. The maximum atomic E-state index is 12.4. The van der Waals surface area contributed by atoms with Gasteiger partial charge in [-0.2, -0.15) is 0 Å². The summed E-state index contributed by atoms with van der Waals surface area (Å²) in [5.74, 6) is 1.39. The standard InChI is InChI=1S/C14H22N4O/c1-3-11-5-4-7-18(8-6-11)14(19)12-9-16-10-13(15-2)17-12/h9-11H,3-8H2,1-2H3,(H,15,17). The van der Waals surface area contributed by atoms with E-state index in [2.05, 4.69) is 22.2 Å². The van der Waals surface area contributed by atoms with Crippen LogP contribution in [0.3, 0.4) is 0 Å². The molecule has 1 unspecified atom stereocenters. The number of amides is 1. The summed E-state index contributed by atoms with van der Waals surface area (Å²) in [5, 5.41) is 2.91. The number of hydrogen-bond acceptors (Lipinski definition) is 4. The van der Waals surface area contributed by atoms with Gasteiger partial charge < -0.3 is 10.2 Å². The third-order valence-electron chi connectivity index (χ3n) is 3.82. The first kappa shape index (κ1) is 13.8. The summed E-state index contributed by atoms with van der Waals surface area (Å²) in [5.41, 5.74) is 0.432. The van der Waals surface area contributed by atoms with Crippen LogP contribution in [0.25, 0.3) is 0 Å². The van der Waals surface area contributed by atoms with Gasteiger partial charge in [0.25, 0.3) is 5.91 Å². The van der Waals surface area contributed by atoms with Crippen molar-refractivity contribution >= 4 is 11.7 Å². The lowest BCUT2D eigenvalue weighted by Crippen LogP contribution is -2.32. The number of carbonyl (C=O) groups is 1. The van der Waals surface area contributed by atoms with E-state index < -0.39 is 0 Å². The molecule has 1 atom stereocenters. The first-order chi connectivity index (χ1) is 9.24. The molecule has 104 valence electrons. The molecule has 0 saturated carbocycles. The lowest BCUT2D eigenvalue weighted by Gasteiger charge is -2.20. The van der Waals surface area contributed by atoms with Crippen LogP contribution in [0.5, 0.6) is 0 Å². The predicted octanol–water partition coefficient (Wildman–Crippen LogP) is 2.17. The van der Waals surface area contributed by atoms with Crippen LogP contribution in [0, 0.1) is 5.92 Å². The number of nitrogens with one attached hydrogen (secondary N) is 1. The molecule has 2 heterocycles. The molecule has 1 fully saturated rings. The molecule has 1 amide bonds. The van der Waals surface area contributed by atoms with Crippen molar-refractivity contribution in [1.82, 2.24) is 14.9 Å². The first-order valence-corrected chi connectivity index (χ1v) is 7.03. The molecule has 1 saturated heterocycles. The fourth-order valence-electron chi connectivity index (χ4n) is 2.53. The van der Waals surface area contributed by atoms with Gasteiger partial charge in [0.1, 0.15) is 11.5 Å². The van der Waals surface area contributed by atoms with Crippen LogP contribution in [0.1, 0.15) is 43.1 Å². The van der Waals surface area contributed by atoms with E-state index in [0.29, 0.717) is 11.5 Å². The number of anilines is 1. The molecular weight excluding hydrogens is 240 g/mol. The number of likely N-dealkylation sites (tertiary alicyclic amines) is 1. The monoisotopic (exact) mass is 262 g/mol. The van der Waals surface area contributed by atoms with Crippen LogP contribution in [0.4, 0.5) is 5.82 Å².